The van der Waals surface area contributed by atoms with Gasteiger partial charge in [0.1, 0.15) is 10.2 Å². The van der Waals surface area contributed by atoms with E-state index in [1.165, 1.54) is 0 Å². The van der Waals surface area contributed by atoms with Crippen LogP contribution in [-0.4, -0.2) is 27.8 Å². The van der Waals surface area contributed by atoms with Crippen LogP contribution in [0.1, 0.15) is 52.1 Å². The van der Waals surface area contributed by atoms with Gasteiger partial charge in [-0.1, -0.05) is 6.07 Å². The maximum Gasteiger partial charge on any atom is 0.312 e. The summed E-state index contributed by atoms with van der Waals surface area (Å²) in [5.41, 5.74) is -0.220. The minimum absolute atomic E-state index is 0.173. The number of esters is 1. The molecule has 1 aromatic rings. The number of hydrogen-bond acceptors (Lipinski definition) is 4. The van der Waals surface area contributed by atoms with Crippen molar-refractivity contribution in [1.29, 1.82) is 0 Å². The van der Waals surface area contributed by atoms with Crippen molar-refractivity contribution in [3.8, 4) is 0 Å². The minimum Gasteiger partial charge on any atom is -0.460 e. The molecular formula is C17H24BrNO3. The molecule has 22 heavy (non-hydrogen) atoms. The Kier molecular flexibility index (Phi) is 5.28. The number of nitrogens with zero attached hydrogens (tertiary/aromatic N) is 1. The highest BCUT2D eigenvalue weighted by molar-refractivity contribution is 9.10. The average molecular weight is 370 g/mol. The van der Waals surface area contributed by atoms with Gasteiger partial charge in [0.05, 0.1) is 11.5 Å². The van der Waals surface area contributed by atoms with Crippen molar-refractivity contribution < 1.29 is 14.6 Å². The highest BCUT2D eigenvalue weighted by atomic mass is 79.9. The van der Waals surface area contributed by atoms with Crippen molar-refractivity contribution in [2.75, 3.05) is 0 Å². The second-order valence-electron chi connectivity index (χ2n) is 7.14. The zero-order chi connectivity index (χ0) is 16.4. The third kappa shape index (κ3) is 4.53. The van der Waals surface area contributed by atoms with Gasteiger partial charge >= 0.3 is 5.97 Å². The van der Waals surface area contributed by atoms with E-state index in [1.807, 2.05) is 39.0 Å². The summed E-state index contributed by atoms with van der Waals surface area (Å²) in [4.78, 5) is 17.2. The first-order chi connectivity index (χ1) is 10.2. The van der Waals surface area contributed by atoms with E-state index in [0.29, 0.717) is 32.1 Å². The first kappa shape index (κ1) is 17.4. The third-order valence-corrected chi connectivity index (χ3v) is 4.48. The van der Waals surface area contributed by atoms with E-state index in [9.17, 15) is 9.90 Å². The molecule has 1 N–H and O–H groups in total. The molecule has 0 atom stereocenters. The predicted molar refractivity (Wildman–Crippen MR) is 88.4 cm³/mol. The highest BCUT2D eigenvalue weighted by Crippen LogP contribution is 2.41. The van der Waals surface area contributed by atoms with E-state index in [-0.39, 0.29) is 12.1 Å². The fraction of sp³-hybridized carbons (Fsp3) is 0.647. The molecule has 5 heteroatoms. The summed E-state index contributed by atoms with van der Waals surface area (Å²) in [6.07, 6.45) is 2.77. The Labute approximate surface area is 140 Å². The van der Waals surface area contributed by atoms with E-state index in [0.717, 1.165) is 10.3 Å². The van der Waals surface area contributed by atoms with Crippen molar-refractivity contribution in [3.05, 3.63) is 28.5 Å². The Morgan fingerprint density at radius 3 is 2.59 bits per heavy atom. The average Bonchev–Trinajstić information content (AvgIpc) is 2.40. The Balaban J connectivity index is 2.24. The number of hydrogen-bond donors (Lipinski definition) is 1. The largest absolute Gasteiger partial charge is 0.460 e. The van der Waals surface area contributed by atoms with Crippen LogP contribution in [0.5, 0.6) is 0 Å². The van der Waals surface area contributed by atoms with Gasteiger partial charge in [-0.25, -0.2) is 4.98 Å². The van der Waals surface area contributed by atoms with Crippen LogP contribution in [0, 0.1) is 5.41 Å². The number of rotatable bonds is 3. The third-order valence-electron chi connectivity index (χ3n) is 4.04. The molecule has 0 unspecified atom stereocenters. The molecule has 1 fully saturated rings. The van der Waals surface area contributed by atoms with Crippen LogP contribution < -0.4 is 0 Å². The fourth-order valence-corrected chi connectivity index (χ4v) is 3.27. The smallest absolute Gasteiger partial charge is 0.312 e. The number of aliphatic hydroxyl groups excluding tert-OH is 1. The second kappa shape index (κ2) is 6.67. The first-order valence-electron chi connectivity index (χ1n) is 7.73. The van der Waals surface area contributed by atoms with E-state index in [2.05, 4.69) is 20.9 Å². The van der Waals surface area contributed by atoms with Gasteiger partial charge in [0.2, 0.25) is 0 Å². The molecule has 2 rings (SSSR count). The molecule has 0 aliphatic heterocycles. The van der Waals surface area contributed by atoms with Crippen LogP contribution in [0.25, 0.3) is 0 Å². The van der Waals surface area contributed by atoms with Gasteiger partial charge in [0.25, 0.3) is 0 Å². The fourth-order valence-electron chi connectivity index (χ4n) is 2.89. The standard InChI is InChI=1S/C17H24BrNO3/c1-16(2,3)22-15(21)17(9-7-13(20)8-10-17)11-12-5-4-6-14(18)19-12/h4-6,13,20H,7-11H2,1-3H3/t13-,17+. The van der Waals surface area contributed by atoms with Crippen LogP contribution in [0.15, 0.2) is 22.8 Å². The molecule has 1 aliphatic carbocycles. The number of pyridine rings is 1. The highest BCUT2D eigenvalue weighted by Gasteiger charge is 2.44. The number of carbonyl (C=O) groups is 1. The molecule has 0 radical (unpaired) electrons. The summed E-state index contributed by atoms with van der Waals surface area (Å²) >= 11 is 3.37. The van der Waals surface area contributed by atoms with E-state index in [4.69, 9.17) is 4.74 Å². The molecule has 0 saturated heterocycles. The van der Waals surface area contributed by atoms with Crippen molar-refractivity contribution in [2.45, 2.75) is 64.6 Å². The van der Waals surface area contributed by atoms with Crippen LogP contribution in [-0.2, 0) is 16.0 Å². The Bertz CT molecular complexity index is 531. The SMILES string of the molecule is CC(C)(C)OC(=O)[C@]1(Cc2cccc(Br)n2)CC[C@H](O)CC1. The molecular weight excluding hydrogens is 346 g/mol. The molecule has 0 spiro atoms. The molecule has 0 amide bonds. The molecule has 0 aromatic carbocycles. The summed E-state index contributed by atoms with van der Waals surface area (Å²) < 4.78 is 6.42. The molecule has 1 heterocycles. The number of ether oxygens (including phenoxy) is 1. The predicted octanol–water partition coefficient (Wildman–Crippen LogP) is 3.65. The van der Waals surface area contributed by atoms with Gasteiger partial charge in [-0.3, -0.25) is 4.79 Å². The van der Waals surface area contributed by atoms with Crippen molar-refractivity contribution in [1.82, 2.24) is 4.98 Å². The van der Waals surface area contributed by atoms with E-state index < -0.39 is 11.0 Å². The van der Waals surface area contributed by atoms with E-state index in [1.54, 1.807) is 0 Å². The monoisotopic (exact) mass is 369 g/mol. The minimum atomic E-state index is -0.583. The lowest BCUT2D eigenvalue weighted by atomic mass is 9.70. The summed E-state index contributed by atoms with van der Waals surface area (Å²) in [6, 6.07) is 5.73. The first-order valence-corrected chi connectivity index (χ1v) is 8.52. The number of carbonyl (C=O) groups excluding carboxylic acids is 1. The molecule has 1 saturated carbocycles. The molecule has 122 valence electrons. The van der Waals surface area contributed by atoms with E-state index >= 15 is 0 Å². The number of aromatic nitrogens is 1. The second-order valence-corrected chi connectivity index (χ2v) is 7.95. The van der Waals surface area contributed by atoms with Gasteiger partial charge in [-0.05, 0) is 74.5 Å². The normalized spacial score (nSPS) is 25.8. The lowest BCUT2D eigenvalue weighted by Crippen LogP contribution is -2.43. The lowest BCUT2D eigenvalue weighted by Gasteiger charge is -2.38. The van der Waals surface area contributed by atoms with Gasteiger partial charge in [-0.15, -0.1) is 0 Å². The van der Waals surface area contributed by atoms with Gasteiger partial charge in [-0.2, -0.15) is 0 Å². The van der Waals surface area contributed by atoms with Crippen molar-refractivity contribution in [3.63, 3.8) is 0 Å². The maximum absolute atomic E-state index is 12.8. The summed E-state index contributed by atoms with van der Waals surface area (Å²) in [7, 11) is 0. The molecule has 4 nitrogen and oxygen atoms in total. The lowest BCUT2D eigenvalue weighted by molar-refractivity contribution is -0.171. The zero-order valence-electron chi connectivity index (χ0n) is 13.4. The molecule has 1 aliphatic rings. The summed E-state index contributed by atoms with van der Waals surface area (Å²) in [5, 5.41) is 9.79. The van der Waals surface area contributed by atoms with Crippen LogP contribution in [0.4, 0.5) is 0 Å². The zero-order valence-corrected chi connectivity index (χ0v) is 15.0. The van der Waals surface area contributed by atoms with Crippen LogP contribution >= 0.6 is 15.9 Å². The quantitative estimate of drug-likeness (QED) is 0.652. The summed E-state index contributed by atoms with van der Waals surface area (Å²) in [5.74, 6) is -0.173. The van der Waals surface area contributed by atoms with Gasteiger partial charge < -0.3 is 9.84 Å². The van der Waals surface area contributed by atoms with Crippen molar-refractivity contribution >= 4 is 21.9 Å². The Morgan fingerprint density at radius 1 is 1.41 bits per heavy atom. The molecule has 0 bridgehead atoms. The van der Waals surface area contributed by atoms with Crippen molar-refractivity contribution in [2.24, 2.45) is 5.41 Å². The van der Waals surface area contributed by atoms with Gasteiger partial charge in [0.15, 0.2) is 0 Å². The summed E-state index contributed by atoms with van der Waals surface area (Å²) in [6.45, 7) is 5.65. The van der Waals surface area contributed by atoms with Crippen LogP contribution in [0.2, 0.25) is 0 Å². The molecule has 1 aromatic heterocycles. The van der Waals surface area contributed by atoms with Gasteiger partial charge in [0, 0.05) is 12.1 Å². The maximum atomic E-state index is 12.8. The van der Waals surface area contributed by atoms with Crippen LogP contribution in [0.3, 0.4) is 0 Å². The topological polar surface area (TPSA) is 59.4 Å². The number of aliphatic hydroxyl groups is 1. The Hall–Kier alpha value is -0.940. The number of halogens is 1. The Morgan fingerprint density at radius 2 is 2.05 bits per heavy atom.